The Bertz CT molecular complexity index is 412. The highest BCUT2D eigenvalue weighted by Crippen LogP contribution is 2.28. The van der Waals surface area contributed by atoms with Crippen LogP contribution >= 0.6 is 23.2 Å². The summed E-state index contributed by atoms with van der Waals surface area (Å²) in [5, 5.41) is 1.20. The number of aromatic nitrogens is 1. The molecule has 0 N–H and O–H groups in total. The zero-order valence-corrected chi connectivity index (χ0v) is 7.93. The van der Waals surface area contributed by atoms with Crippen LogP contribution in [0.4, 0.5) is 0 Å². The molecule has 0 fully saturated rings. The summed E-state index contributed by atoms with van der Waals surface area (Å²) in [4.78, 5) is 3.85. The van der Waals surface area contributed by atoms with Crippen molar-refractivity contribution in [1.82, 2.24) is 4.98 Å². The normalized spacial score (nSPS) is 10.3. The van der Waals surface area contributed by atoms with E-state index in [-0.39, 0.29) is 0 Å². The predicted octanol–water partition coefficient (Wildman–Crippen LogP) is 3.45. The summed E-state index contributed by atoms with van der Waals surface area (Å²) in [6.45, 7) is 0. The molecule has 0 bridgehead atoms. The molecule has 0 unspecified atom stereocenters. The van der Waals surface area contributed by atoms with Gasteiger partial charge in [0.25, 0.3) is 6.39 Å². The smallest absolute Gasteiger partial charge is 0.284 e. The molecule has 1 aromatic carbocycles. The Morgan fingerprint density at radius 1 is 1.31 bits per heavy atom. The molecule has 0 aliphatic carbocycles. The molecule has 2 nitrogen and oxygen atoms in total. The van der Waals surface area contributed by atoms with Crippen molar-refractivity contribution in [3.8, 4) is 11.3 Å². The first-order chi connectivity index (χ1) is 6.27. The molecule has 65 valence electrons. The molecule has 2 aromatic rings. The minimum absolute atomic E-state index is 0.590. The highest BCUT2D eigenvalue weighted by atomic mass is 35.5. The van der Waals surface area contributed by atoms with Crippen LogP contribution in [0, 0.1) is 6.39 Å². The van der Waals surface area contributed by atoms with Gasteiger partial charge in [-0.15, -0.1) is 0 Å². The molecular weight excluding hydrogens is 209 g/mol. The third kappa shape index (κ3) is 1.69. The summed E-state index contributed by atoms with van der Waals surface area (Å²) in [7, 11) is 0. The Hall–Kier alpha value is -0.990. The Balaban J connectivity index is 2.57. The monoisotopic (exact) mass is 212 g/mol. The van der Waals surface area contributed by atoms with Crippen LogP contribution in [0.5, 0.6) is 0 Å². The molecule has 0 saturated carbocycles. The molecule has 0 spiro atoms. The van der Waals surface area contributed by atoms with Gasteiger partial charge in [-0.05, 0) is 18.2 Å². The Labute approximate surface area is 85.1 Å². The standard InChI is InChI=1S/C9H4Cl2NO/c10-6-1-2-8(11)7(3-6)9-4-13-5-12-9/h1-4H. The van der Waals surface area contributed by atoms with Gasteiger partial charge in [-0.25, -0.2) is 4.98 Å². The largest absolute Gasteiger partial charge is 0.440 e. The van der Waals surface area contributed by atoms with E-state index in [1.165, 1.54) is 6.26 Å². The fourth-order valence-corrected chi connectivity index (χ4v) is 1.39. The van der Waals surface area contributed by atoms with Crippen molar-refractivity contribution in [1.29, 1.82) is 0 Å². The lowest BCUT2D eigenvalue weighted by atomic mass is 10.2. The Morgan fingerprint density at radius 3 is 2.85 bits per heavy atom. The minimum Gasteiger partial charge on any atom is -0.440 e. The first-order valence-corrected chi connectivity index (χ1v) is 4.30. The molecule has 2 rings (SSSR count). The Morgan fingerprint density at radius 2 is 2.15 bits per heavy atom. The van der Waals surface area contributed by atoms with Crippen LogP contribution in [-0.2, 0) is 0 Å². The summed E-state index contributed by atoms with van der Waals surface area (Å²) in [5.74, 6) is 0. The summed E-state index contributed by atoms with van der Waals surface area (Å²) in [6, 6.07) is 5.17. The van der Waals surface area contributed by atoms with Crippen LogP contribution < -0.4 is 0 Å². The highest BCUT2D eigenvalue weighted by Gasteiger charge is 2.06. The van der Waals surface area contributed by atoms with Crippen LogP contribution in [0.3, 0.4) is 0 Å². The summed E-state index contributed by atoms with van der Waals surface area (Å²) < 4.78 is 4.73. The van der Waals surface area contributed by atoms with Gasteiger partial charge in [-0.1, -0.05) is 23.2 Å². The number of benzene rings is 1. The molecular formula is C9H4Cl2NO. The van der Waals surface area contributed by atoms with Gasteiger partial charge in [0.05, 0.1) is 5.02 Å². The molecule has 4 heteroatoms. The Kier molecular flexibility index (Phi) is 2.25. The van der Waals surface area contributed by atoms with E-state index in [1.807, 2.05) is 0 Å². The van der Waals surface area contributed by atoms with Gasteiger partial charge in [0.1, 0.15) is 12.0 Å². The van der Waals surface area contributed by atoms with Crippen molar-refractivity contribution in [2.75, 3.05) is 0 Å². The maximum Gasteiger partial charge on any atom is 0.284 e. The number of oxazole rings is 1. The lowest BCUT2D eigenvalue weighted by molar-refractivity contribution is 0.548. The fourth-order valence-electron chi connectivity index (χ4n) is 1.00. The molecule has 1 radical (unpaired) electrons. The number of halogens is 2. The van der Waals surface area contributed by atoms with Crippen LogP contribution in [0.2, 0.25) is 10.0 Å². The molecule has 0 aliphatic heterocycles. The van der Waals surface area contributed by atoms with E-state index < -0.39 is 0 Å². The number of nitrogens with zero attached hydrogens (tertiary/aromatic N) is 1. The van der Waals surface area contributed by atoms with E-state index in [0.717, 1.165) is 5.56 Å². The van der Waals surface area contributed by atoms with Gasteiger partial charge in [-0.2, -0.15) is 0 Å². The van der Waals surface area contributed by atoms with E-state index in [9.17, 15) is 0 Å². The molecule has 0 aliphatic rings. The lowest BCUT2D eigenvalue weighted by Gasteiger charge is -1.99. The third-order valence-electron chi connectivity index (χ3n) is 1.59. The maximum atomic E-state index is 5.93. The number of rotatable bonds is 1. The topological polar surface area (TPSA) is 26.0 Å². The van der Waals surface area contributed by atoms with Crippen LogP contribution in [0.1, 0.15) is 0 Å². The van der Waals surface area contributed by atoms with Crippen molar-refractivity contribution in [2.45, 2.75) is 0 Å². The van der Waals surface area contributed by atoms with Crippen molar-refractivity contribution in [3.05, 3.63) is 40.9 Å². The van der Waals surface area contributed by atoms with E-state index in [0.29, 0.717) is 15.7 Å². The van der Waals surface area contributed by atoms with Gasteiger partial charge in [0.2, 0.25) is 0 Å². The SMILES string of the molecule is Clc1ccc(Cl)c(-c2co[c]n2)c1. The van der Waals surface area contributed by atoms with E-state index in [2.05, 4.69) is 11.4 Å². The van der Waals surface area contributed by atoms with Gasteiger partial charge in [0.15, 0.2) is 0 Å². The molecule has 0 saturated heterocycles. The van der Waals surface area contributed by atoms with Crippen LogP contribution in [0.25, 0.3) is 11.3 Å². The third-order valence-corrected chi connectivity index (χ3v) is 2.16. The highest BCUT2D eigenvalue weighted by molar-refractivity contribution is 6.35. The predicted molar refractivity (Wildman–Crippen MR) is 50.8 cm³/mol. The fraction of sp³-hybridized carbons (Fsp3) is 0. The molecule has 0 amide bonds. The second kappa shape index (κ2) is 3.40. The van der Waals surface area contributed by atoms with Gasteiger partial charge < -0.3 is 4.42 Å². The zero-order valence-electron chi connectivity index (χ0n) is 6.42. The lowest BCUT2D eigenvalue weighted by Crippen LogP contribution is -1.78. The zero-order chi connectivity index (χ0) is 9.26. The van der Waals surface area contributed by atoms with E-state index in [4.69, 9.17) is 27.6 Å². The summed E-state index contributed by atoms with van der Waals surface area (Å²) in [6.07, 6.45) is 3.82. The first-order valence-electron chi connectivity index (χ1n) is 3.54. The average molecular weight is 213 g/mol. The van der Waals surface area contributed by atoms with Crippen molar-refractivity contribution < 1.29 is 4.42 Å². The maximum absolute atomic E-state index is 5.93. The molecule has 0 atom stereocenters. The molecule has 1 aromatic heterocycles. The first kappa shape index (κ1) is 8.60. The van der Waals surface area contributed by atoms with Crippen molar-refractivity contribution in [3.63, 3.8) is 0 Å². The summed E-state index contributed by atoms with van der Waals surface area (Å²) >= 11 is 11.7. The number of hydrogen-bond donors (Lipinski definition) is 0. The van der Waals surface area contributed by atoms with Crippen molar-refractivity contribution in [2.24, 2.45) is 0 Å². The van der Waals surface area contributed by atoms with E-state index in [1.54, 1.807) is 18.2 Å². The second-order valence-corrected chi connectivity index (χ2v) is 3.29. The number of hydrogen-bond acceptors (Lipinski definition) is 2. The van der Waals surface area contributed by atoms with Gasteiger partial charge in [0, 0.05) is 10.6 Å². The van der Waals surface area contributed by atoms with Gasteiger partial charge in [-0.3, -0.25) is 0 Å². The van der Waals surface area contributed by atoms with Crippen molar-refractivity contribution >= 4 is 23.2 Å². The minimum atomic E-state index is 0.590. The molecule has 1 heterocycles. The summed E-state index contributed by atoms with van der Waals surface area (Å²) in [5.41, 5.74) is 1.38. The molecule has 13 heavy (non-hydrogen) atoms. The van der Waals surface area contributed by atoms with Crippen LogP contribution in [-0.4, -0.2) is 4.98 Å². The van der Waals surface area contributed by atoms with E-state index >= 15 is 0 Å². The second-order valence-electron chi connectivity index (χ2n) is 2.45. The average Bonchev–Trinajstić information content (AvgIpc) is 2.61. The van der Waals surface area contributed by atoms with Gasteiger partial charge >= 0.3 is 0 Å². The quantitative estimate of drug-likeness (QED) is 0.724. The van der Waals surface area contributed by atoms with Crippen LogP contribution in [0.15, 0.2) is 28.9 Å².